The Morgan fingerprint density at radius 2 is 1.87 bits per heavy atom. The van der Waals surface area contributed by atoms with Crippen LogP contribution in [0.5, 0.6) is 0 Å². The van der Waals surface area contributed by atoms with E-state index in [1.807, 2.05) is 30.3 Å². The Morgan fingerprint density at radius 1 is 1.22 bits per heavy atom. The number of nitrogens with two attached hydrogens (primary N) is 1. The molecule has 0 amide bonds. The van der Waals surface area contributed by atoms with Gasteiger partial charge in [0.25, 0.3) is 0 Å². The summed E-state index contributed by atoms with van der Waals surface area (Å²) in [6, 6.07) is 9.78. The van der Waals surface area contributed by atoms with Crippen molar-refractivity contribution in [2.45, 2.75) is 56.9 Å². The van der Waals surface area contributed by atoms with Gasteiger partial charge in [0.15, 0.2) is 5.66 Å². The van der Waals surface area contributed by atoms with Gasteiger partial charge in [0, 0.05) is 18.9 Å². The summed E-state index contributed by atoms with van der Waals surface area (Å²) in [4.78, 5) is 0. The maximum atomic E-state index is 12.6. The van der Waals surface area contributed by atoms with E-state index in [4.69, 9.17) is 10.3 Å². The number of hydrogen-bond donors (Lipinski definition) is 2. The number of halogens is 1. The van der Waals surface area contributed by atoms with E-state index in [9.17, 15) is 9.67 Å². The van der Waals surface area contributed by atoms with Crippen molar-refractivity contribution in [1.29, 1.82) is 0 Å². The smallest absolute Gasteiger partial charge is 0.392 e. The van der Waals surface area contributed by atoms with Crippen molar-refractivity contribution in [2.24, 2.45) is 11.7 Å². The highest BCUT2D eigenvalue weighted by atomic mass is 35.5. The van der Waals surface area contributed by atoms with Crippen LogP contribution in [0.15, 0.2) is 30.3 Å². The van der Waals surface area contributed by atoms with Gasteiger partial charge in [-0.25, -0.2) is 0 Å². The van der Waals surface area contributed by atoms with Crippen molar-refractivity contribution in [3.05, 3.63) is 35.9 Å². The molecule has 1 aliphatic rings. The van der Waals surface area contributed by atoms with Gasteiger partial charge in [0.1, 0.15) is 6.61 Å². The lowest BCUT2D eigenvalue weighted by Gasteiger charge is -2.24. The Morgan fingerprint density at radius 3 is 2.48 bits per heavy atom. The Balaban J connectivity index is 0.00000264. The van der Waals surface area contributed by atoms with Crippen molar-refractivity contribution >= 4 is 20.4 Å². The van der Waals surface area contributed by atoms with Crippen LogP contribution in [-0.2, 0) is 15.7 Å². The van der Waals surface area contributed by atoms with Crippen LogP contribution in [0.3, 0.4) is 0 Å². The molecule has 0 bridgehead atoms. The molecular formula is C17H28ClNO3P+. The number of hydrogen-bond acceptors (Lipinski definition) is 4. The highest BCUT2D eigenvalue weighted by Gasteiger charge is 2.41. The average molecular weight is 361 g/mol. The molecule has 0 aliphatic heterocycles. The summed E-state index contributed by atoms with van der Waals surface area (Å²) in [7, 11) is -1.79. The van der Waals surface area contributed by atoms with Crippen LogP contribution in [0.4, 0.5) is 0 Å². The largest absolute Gasteiger partial charge is 0.512 e. The van der Waals surface area contributed by atoms with E-state index in [1.165, 1.54) is 19.3 Å². The molecule has 0 saturated heterocycles. The fourth-order valence-electron chi connectivity index (χ4n) is 3.15. The summed E-state index contributed by atoms with van der Waals surface area (Å²) in [5.41, 5.74) is 6.46. The zero-order chi connectivity index (χ0) is 15.8. The van der Waals surface area contributed by atoms with E-state index in [0.717, 1.165) is 18.4 Å². The fourth-order valence-corrected chi connectivity index (χ4v) is 4.68. The molecule has 3 N–H and O–H groups in total. The predicted molar refractivity (Wildman–Crippen MR) is 96.1 cm³/mol. The third-order valence-corrected chi connectivity index (χ3v) is 6.01. The normalized spacial score (nSPS) is 18.8. The topological polar surface area (TPSA) is 72.5 Å². The van der Waals surface area contributed by atoms with Gasteiger partial charge in [-0.2, -0.15) is 0 Å². The molecule has 0 radical (unpaired) electrons. The highest BCUT2D eigenvalue weighted by molar-refractivity contribution is 7.40. The van der Waals surface area contributed by atoms with Crippen molar-refractivity contribution in [3.63, 3.8) is 0 Å². The van der Waals surface area contributed by atoms with Crippen LogP contribution in [-0.4, -0.2) is 23.4 Å². The molecule has 23 heavy (non-hydrogen) atoms. The van der Waals surface area contributed by atoms with Crippen LogP contribution >= 0.6 is 20.4 Å². The van der Waals surface area contributed by atoms with Gasteiger partial charge in [-0.15, -0.1) is 16.9 Å². The number of aliphatic hydroxyl groups excluding tert-OH is 1. The number of benzene rings is 1. The van der Waals surface area contributed by atoms with Crippen molar-refractivity contribution in [2.75, 3.05) is 6.54 Å². The zero-order valence-electron chi connectivity index (χ0n) is 13.5. The predicted octanol–water partition coefficient (Wildman–Crippen LogP) is 4.03. The zero-order valence-corrected chi connectivity index (χ0v) is 15.2. The SMILES string of the molecule is Cl.NCC(O)CC(C1CCCCC1)[P+](=O)OCc1ccccc1. The Hall–Kier alpha value is -0.510. The summed E-state index contributed by atoms with van der Waals surface area (Å²) in [5, 5.41) is 9.88. The molecule has 1 fully saturated rings. The standard InChI is InChI=1S/C17H27NO3P.ClH/c18-12-16(19)11-17(15-9-5-2-6-10-15)22(20)21-13-14-7-3-1-4-8-14;/h1,3-4,7-8,15-17,19H,2,5-6,9-13,18H2;1H/q+1;. The molecule has 3 unspecified atom stereocenters. The first-order valence-corrected chi connectivity index (χ1v) is 9.46. The van der Waals surface area contributed by atoms with E-state index in [0.29, 0.717) is 18.9 Å². The second-order valence-corrected chi connectivity index (χ2v) is 7.63. The lowest BCUT2D eigenvalue weighted by Crippen LogP contribution is -2.29. The molecule has 0 spiro atoms. The van der Waals surface area contributed by atoms with Gasteiger partial charge < -0.3 is 10.8 Å². The minimum atomic E-state index is -1.79. The second-order valence-electron chi connectivity index (χ2n) is 6.14. The van der Waals surface area contributed by atoms with Crippen molar-refractivity contribution in [3.8, 4) is 0 Å². The maximum Gasteiger partial charge on any atom is 0.512 e. The first kappa shape index (κ1) is 20.5. The summed E-state index contributed by atoms with van der Waals surface area (Å²) < 4.78 is 18.3. The van der Waals surface area contributed by atoms with Crippen LogP contribution in [0.1, 0.15) is 44.1 Å². The third-order valence-electron chi connectivity index (χ3n) is 4.45. The highest BCUT2D eigenvalue weighted by Crippen LogP contribution is 2.43. The summed E-state index contributed by atoms with van der Waals surface area (Å²) in [6.45, 7) is 0.572. The Bertz CT molecular complexity index is 454. The summed E-state index contributed by atoms with van der Waals surface area (Å²) in [5.74, 6) is 0.384. The quantitative estimate of drug-likeness (QED) is 0.686. The molecule has 0 aromatic heterocycles. The second kappa shape index (κ2) is 11.1. The van der Waals surface area contributed by atoms with Crippen LogP contribution in [0.2, 0.25) is 0 Å². The molecular weight excluding hydrogens is 333 g/mol. The van der Waals surface area contributed by atoms with Gasteiger partial charge in [-0.3, -0.25) is 0 Å². The van der Waals surface area contributed by atoms with E-state index < -0.39 is 14.1 Å². The molecule has 1 saturated carbocycles. The van der Waals surface area contributed by atoms with Gasteiger partial charge in [0.2, 0.25) is 0 Å². The first-order valence-electron chi connectivity index (χ1n) is 8.22. The lowest BCUT2D eigenvalue weighted by molar-refractivity contribution is 0.154. The molecule has 4 nitrogen and oxygen atoms in total. The summed E-state index contributed by atoms with van der Waals surface area (Å²) >= 11 is 0. The Kier molecular flexibility index (Phi) is 9.92. The van der Waals surface area contributed by atoms with E-state index in [-0.39, 0.29) is 24.6 Å². The van der Waals surface area contributed by atoms with Crippen LogP contribution in [0, 0.1) is 5.92 Å². The summed E-state index contributed by atoms with van der Waals surface area (Å²) in [6.07, 6.45) is 5.67. The van der Waals surface area contributed by atoms with Crippen molar-refractivity contribution < 1.29 is 14.2 Å². The van der Waals surface area contributed by atoms with Gasteiger partial charge >= 0.3 is 8.03 Å². The molecule has 0 heterocycles. The van der Waals surface area contributed by atoms with Crippen molar-refractivity contribution in [1.82, 2.24) is 0 Å². The molecule has 3 atom stereocenters. The molecule has 1 aromatic carbocycles. The average Bonchev–Trinajstić information content (AvgIpc) is 2.59. The van der Waals surface area contributed by atoms with Crippen LogP contribution < -0.4 is 5.73 Å². The molecule has 130 valence electrons. The minimum absolute atomic E-state index is 0. The molecule has 1 aliphatic carbocycles. The third kappa shape index (κ3) is 6.86. The minimum Gasteiger partial charge on any atom is -0.392 e. The van der Waals surface area contributed by atoms with E-state index in [1.54, 1.807) is 0 Å². The van der Waals surface area contributed by atoms with Gasteiger partial charge in [0.05, 0.1) is 6.10 Å². The Labute approximate surface area is 146 Å². The maximum absolute atomic E-state index is 12.6. The number of aliphatic hydroxyl groups is 1. The van der Waals surface area contributed by atoms with Crippen LogP contribution in [0.25, 0.3) is 0 Å². The number of rotatable bonds is 8. The van der Waals surface area contributed by atoms with Gasteiger partial charge in [-0.05, 0) is 23.0 Å². The lowest BCUT2D eigenvalue weighted by atomic mass is 9.85. The van der Waals surface area contributed by atoms with E-state index in [2.05, 4.69) is 0 Å². The molecule has 6 heteroatoms. The molecule has 2 rings (SSSR count). The first-order chi connectivity index (χ1) is 10.7. The fraction of sp³-hybridized carbons (Fsp3) is 0.647. The molecule has 1 aromatic rings. The van der Waals surface area contributed by atoms with Gasteiger partial charge in [-0.1, -0.05) is 49.6 Å². The monoisotopic (exact) mass is 360 g/mol. The van der Waals surface area contributed by atoms with E-state index >= 15 is 0 Å².